The van der Waals surface area contributed by atoms with Gasteiger partial charge in [0.15, 0.2) is 0 Å². The molecule has 1 saturated heterocycles. The Morgan fingerprint density at radius 1 is 1.07 bits per heavy atom. The molecule has 1 heterocycles. The van der Waals surface area contributed by atoms with Gasteiger partial charge in [0.1, 0.15) is 6.10 Å². The van der Waals surface area contributed by atoms with Gasteiger partial charge in [0, 0.05) is 44.0 Å². The Hall–Kier alpha value is -2.93. The van der Waals surface area contributed by atoms with Gasteiger partial charge in [-0.3, -0.25) is 14.9 Å². The third kappa shape index (κ3) is 4.83. The molecule has 0 radical (unpaired) electrons. The summed E-state index contributed by atoms with van der Waals surface area (Å²) >= 11 is 0. The minimum absolute atomic E-state index is 0.00530. The number of amides is 1. The molecule has 0 bridgehead atoms. The number of ether oxygens (including phenoxy) is 1. The Balaban J connectivity index is 1.49. The van der Waals surface area contributed by atoms with E-state index < -0.39 is 11.0 Å². The number of carbonyl (C=O) groups excluding carboxylic acids is 1. The normalized spacial score (nSPS) is 15.4. The van der Waals surface area contributed by atoms with Gasteiger partial charge in [0.25, 0.3) is 11.6 Å². The number of nitro groups is 1. The largest absolute Gasteiger partial charge is 0.368 e. The highest BCUT2D eigenvalue weighted by molar-refractivity contribution is 5.80. The molecule has 27 heavy (non-hydrogen) atoms. The van der Waals surface area contributed by atoms with Gasteiger partial charge in [-0.2, -0.15) is 0 Å². The molecular weight excluding hydrogens is 346 g/mol. The highest BCUT2D eigenvalue weighted by Gasteiger charge is 2.25. The molecule has 1 atom stereocenters. The van der Waals surface area contributed by atoms with Gasteiger partial charge in [-0.25, -0.2) is 0 Å². The van der Waals surface area contributed by atoms with E-state index in [0.29, 0.717) is 32.8 Å². The van der Waals surface area contributed by atoms with Crippen molar-refractivity contribution in [1.29, 1.82) is 0 Å². The van der Waals surface area contributed by atoms with Gasteiger partial charge in [0.2, 0.25) is 0 Å². The summed E-state index contributed by atoms with van der Waals surface area (Å²) in [5.41, 5.74) is 2.05. The van der Waals surface area contributed by atoms with Gasteiger partial charge in [-0.05, 0) is 24.6 Å². The maximum Gasteiger partial charge on any atom is 0.269 e. The molecule has 0 spiro atoms. The van der Waals surface area contributed by atoms with Crippen molar-refractivity contribution in [2.24, 2.45) is 0 Å². The van der Waals surface area contributed by atoms with E-state index in [1.807, 2.05) is 35.2 Å². The van der Waals surface area contributed by atoms with Crippen LogP contribution < -0.4 is 4.90 Å². The van der Waals surface area contributed by atoms with Crippen molar-refractivity contribution in [3.63, 3.8) is 0 Å². The summed E-state index contributed by atoms with van der Waals surface area (Å²) in [7, 11) is 0. The molecule has 1 amide bonds. The third-order valence-corrected chi connectivity index (χ3v) is 4.71. The van der Waals surface area contributed by atoms with Crippen molar-refractivity contribution in [2.45, 2.75) is 19.6 Å². The van der Waals surface area contributed by atoms with Crippen LogP contribution in [0.3, 0.4) is 0 Å². The first-order chi connectivity index (χ1) is 13.0. The van der Waals surface area contributed by atoms with Crippen LogP contribution in [0.15, 0.2) is 54.6 Å². The molecule has 0 aliphatic carbocycles. The van der Waals surface area contributed by atoms with E-state index >= 15 is 0 Å². The Morgan fingerprint density at radius 2 is 1.70 bits per heavy atom. The van der Waals surface area contributed by atoms with E-state index in [1.54, 1.807) is 19.1 Å². The minimum Gasteiger partial charge on any atom is -0.368 e. The van der Waals surface area contributed by atoms with Crippen molar-refractivity contribution in [3.8, 4) is 0 Å². The van der Waals surface area contributed by atoms with E-state index in [4.69, 9.17) is 4.74 Å². The van der Waals surface area contributed by atoms with Crippen molar-refractivity contribution in [1.82, 2.24) is 4.90 Å². The Labute approximate surface area is 158 Å². The average Bonchev–Trinajstić information content (AvgIpc) is 2.72. The topological polar surface area (TPSA) is 75.9 Å². The van der Waals surface area contributed by atoms with Crippen LogP contribution in [-0.4, -0.2) is 48.0 Å². The molecule has 1 fully saturated rings. The van der Waals surface area contributed by atoms with Crippen molar-refractivity contribution >= 4 is 17.3 Å². The molecule has 1 aliphatic heterocycles. The predicted octanol–water partition coefficient (Wildman–Crippen LogP) is 2.85. The molecular formula is C20H23N3O4. The quantitative estimate of drug-likeness (QED) is 0.578. The number of rotatable bonds is 6. The molecule has 0 N–H and O–H groups in total. The van der Waals surface area contributed by atoms with Crippen molar-refractivity contribution < 1.29 is 14.5 Å². The summed E-state index contributed by atoms with van der Waals surface area (Å²) in [6.07, 6.45) is -0.490. The number of hydrogen-bond acceptors (Lipinski definition) is 5. The van der Waals surface area contributed by atoms with Crippen LogP contribution >= 0.6 is 0 Å². The number of non-ortho nitro benzene ring substituents is 1. The summed E-state index contributed by atoms with van der Waals surface area (Å²) in [6.45, 7) is 4.79. The van der Waals surface area contributed by atoms with Crippen molar-refractivity contribution in [2.75, 3.05) is 31.1 Å². The summed E-state index contributed by atoms with van der Waals surface area (Å²) in [4.78, 5) is 26.9. The number of benzene rings is 2. The molecule has 7 nitrogen and oxygen atoms in total. The van der Waals surface area contributed by atoms with Gasteiger partial charge >= 0.3 is 0 Å². The molecule has 3 rings (SSSR count). The SMILES string of the molecule is CC(OCc1ccccc1)C(=O)N1CCN(c2ccc([N+](=O)[O-])cc2)CC1. The first kappa shape index (κ1) is 18.8. The first-order valence-corrected chi connectivity index (χ1v) is 8.98. The van der Waals surface area contributed by atoms with Gasteiger partial charge in [-0.1, -0.05) is 30.3 Å². The molecule has 1 unspecified atom stereocenters. The second-order valence-electron chi connectivity index (χ2n) is 6.52. The number of piperazine rings is 1. The van der Waals surface area contributed by atoms with E-state index in [2.05, 4.69) is 4.90 Å². The van der Waals surface area contributed by atoms with Crippen LogP contribution in [0.25, 0.3) is 0 Å². The number of nitrogens with zero attached hydrogens (tertiary/aromatic N) is 3. The lowest BCUT2D eigenvalue weighted by molar-refractivity contribution is -0.384. The lowest BCUT2D eigenvalue weighted by Crippen LogP contribution is -2.51. The van der Waals surface area contributed by atoms with Gasteiger partial charge in [-0.15, -0.1) is 0 Å². The zero-order chi connectivity index (χ0) is 19.2. The minimum atomic E-state index is -0.490. The second kappa shape index (κ2) is 8.64. The molecule has 7 heteroatoms. The van der Waals surface area contributed by atoms with E-state index in [0.717, 1.165) is 11.3 Å². The zero-order valence-corrected chi connectivity index (χ0v) is 15.3. The molecule has 2 aromatic carbocycles. The van der Waals surface area contributed by atoms with Crippen LogP contribution in [0.4, 0.5) is 11.4 Å². The molecule has 2 aromatic rings. The van der Waals surface area contributed by atoms with Crippen LogP contribution in [0.5, 0.6) is 0 Å². The lowest BCUT2D eigenvalue weighted by Gasteiger charge is -2.37. The van der Waals surface area contributed by atoms with Crippen LogP contribution in [0.1, 0.15) is 12.5 Å². The van der Waals surface area contributed by atoms with Crippen LogP contribution in [0, 0.1) is 10.1 Å². The Morgan fingerprint density at radius 3 is 2.30 bits per heavy atom. The fourth-order valence-corrected chi connectivity index (χ4v) is 3.09. The molecule has 0 aromatic heterocycles. The van der Waals surface area contributed by atoms with Gasteiger partial charge in [0.05, 0.1) is 11.5 Å². The highest BCUT2D eigenvalue weighted by atomic mass is 16.6. The number of anilines is 1. The van der Waals surface area contributed by atoms with Crippen LogP contribution in [0.2, 0.25) is 0 Å². The summed E-state index contributed by atoms with van der Waals surface area (Å²) in [5.74, 6) is -0.00530. The van der Waals surface area contributed by atoms with E-state index in [9.17, 15) is 14.9 Å². The fraction of sp³-hybridized carbons (Fsp3) is 0.350. The lowest BCUT2D eigenvalue weighted by atomic mass is 10.2. The van der Waals surface area contributed by atoms with Crippen LogP contribution in [-0.2, 0) is 16.1 Å². The summed E-state index contributed by atoms with van der Waals surface area (Å²) < 4.78 is 5.72. The van der Waals surface area contributed by atoms with Crippen molar-refractivity contribution in [3.05, 3.63) is 70.3 Å². The number of hydrogen-bond donors (Lipinski definition) is 0. The Bertz CT molecular complexity index is 772. The van der Waals surface area contributed by atoms with Gasteiger partial charge < -0.3 is 14.5 Å². The van der Waals surface area contributed by atoms with E-state index in [1.165, 1.54) is 12.1 Å². The number of carbonyl (C=O) groups is 1. The summed E-state index contributed by atoms with van der Waals surface area (Å²) in [6, 6.07) is 16.3. The summed E-state index contributed by atoms with van der Waals surface area (Å²) in [5, 5.41) is 10.8. The second-order valence-corrected chi connectivity index (χ2v) is 6.52. The maximum absolute atomic E-state index is 12.6. The predicted molar refractivity (Wildman–Crippen MR) is 103 cm³/mol. The molecule has 0 saturated carbocycles. The smallest absolute Gasteiger partial charge is 0.269 e. The molecule has 1 aliphatic rings. The zero-order valence-electron chi connectivity index (χ0n) is 15.3. The number of nitro benzene ring substituents is 1. The molecule has 142 valence electrons. The third-order valence-electron chi connectivity index (χ3n) is 4.71. The Kier molecular flexibility index (Phi) is 6.03. The standard InChI is InChI=1S/C20H23N3O4/c1-16(27-15-17-5-3-2-4-6-17)20(24)22-13-11-21(12-14-22)18-7-9-19(10-8-18)23(25)26/h2-10,16H,11-15H2,1H3. The van der Waals surface area contributed by atoms with E-state index in [-0.39, 0.29) is 11.6 Å². The average molecular weight is 369 g/mol. The maximum atomic E-state index is 12.6. The fourth-order valence-electron chi connectivity index (χ4n) is 3.09. The monoisotopic (exact) mass is 369 g/mol. The first-order valence-electron chi connectivity index (χ1n) is 8.98. The highest BCUT2D eigenvalue weighted by Crippen LogP contribution is 2.21.